The van der Waals surface area contributed by atoms with E-state index in [0.717, 1.165) is 43.5 Å². The van der Waals surface area contributed by atoms with Crippen molar-refractivity contribution in [3.05, 3.63) is 64.4 Å². The van der Waals surface area contributed by atoms with Crippen LogP contribution in [0.1, 0.15) is 56.5 Å². The number of aromatic nitrogens is 2. The Labute approximate surface area is 158 Å². The van der Waals surface area contributed by atoms with Crippen LogP contribution in [0.4, 0.5) is 0 Å². The number of allylic oxidation sites excluding steroid dienone is 2. The van der Waals surface area contributed by atoms with Crippen LogP contribution in [-0.4, -0.2) is 15.7 Å². The van der Waals surface area contributed by atoms with Gasteiger partial charge < -0.3 is 4.74 Å². The number of ether oxygens (including phenoxy) is 1. The highest BCUT2D eigenvalue weighted by Crippen LogP contribution is 2.24. The van der Waals surface area contributed by atoms with Crippen molar-refractivity contribution in [3.63, 3.8) is 0 Å². The Kier molecular flexibility index (Phi) is 6.63. The van der Waals surface area contributed by atoms with E-state index in [4.69, 9.17) is 9.26 Å². The molecule has 0 saturated carbocycles. The molecule has 0 fully saturated rings. The van der Waals surface area contributed by atoms with Gasteiger partial charge in [-0.3, -0.25) is 13.9 Å². The third-order valence-corrected chi connectivity index (χ3v) is 4.95. The van der Waals surface area contributed by atoms with E-state index in [1.165, 1.54) is 0 Å². The molecule has 0 amide bonds. The molecule has 0 spiro atoms. The number of rotatable bonds is 7. The maximum absolute atomic E-state index is 12.1. The fourth-order valence-corrected chi connectivity index (χ4v) is 3.35. The van der Waals surface area contributed by atoms with Crippen molar-refractivity contribution in [1.29, 1.82) is 0 Å². The van der Waals surface area contributed by atoms with Crippen LogP contribution >= 0.6 is 0 Å². The quantitative estimate of drug-likeness (QED) is 0.547. The molecule has 6 heteroatoms. The number of hydrogen-bond donors (Lipinski definition) is 0. The Balaban J connectivity index is 1.47. The first-order valence-corrected chi connectivity index (χ1v) is 9.58. The zero-order chi connectivity index (χ0) is 19.1. The summed E-state index contributed by atoms with van der Waals surface area (Å²) in [6.45, 7) is 2.17. The average Bonchev–Trinajstić information content (AvgIpc) is 2.93. The Morgan fingerprint density at radius 2 is 2.15 bits per heavy atom. The molecular weight excluding hydrogens is 344 g/mol. The number of benzene rings is 1. The molecule has 1 aromatic heterocycles. The van der Waals surface area contributed by atoms with Gasteiger partial charge in [0.1, 0.15) is 6.61 Å². The fourth-order valence-electron chi connectivity index (χ4n) is 3.35. The van der Waals surface area contributed by atoms with Gasteiger partial charge in [0.25, 0.3) is 0 Å². The van der Waals surface area contributed by atoms with E-state index in [1.807, 2.05) is 49.4 Å². The molecule has 0 saturated heterocycles. The smallest absolute Gasteiger partial charge is 0.441 e. The van der Waals surface area contributed by atoms with Crippen molar-refractivity contribution in [2.45, 2.75) is 58.1 Å². The Hall–Kier alpha value is -2.63. The molecule has 0 aliphatic carbocycles. The molecule has 0 N–H and O–H groups in total. The zero-order valence-corrected chi connectivity index (χ0v) is 15.7. The van der Waals surface area contributed by atoms with Crippen molar-refractivity contribution in [2.24, 2.45) is 5.92 Å². The first-order chi connectivity index (χ1) is 13.1. The van der Waals surface area contributed by atoms with Gasteiger partial charge in [-0.25, -0.2) is 4.79 Å². The predicted octanol–water partition coefficient (Wildman–Crippen LogP) is 3.82. The molecule has 1 aliphatic heterocycles. The minimum atomic E-state index is -0.372. The molecular formula is C21H26N2O4. The van der Waals surface area contributed by atoms with Gasteiger partial charge in [-0.1, -0.05) is 61.0 Å². The lowest BCUT2D eigenvalue weighted by molar-refractivity contribution is -0.149. The van der Waals surface area contributed by atoms with Crippen molar-refractivity contribution in [1.82, 2.24) is 9.72 Å². The molecule has 6 nitrogen and oxygen atoms in total. The second-order valence-corrected chi connectivity index (χ2v) is 7.07. The highest BCUT2D eigenvalue weighted by molar-refractivity contribution is 5.72. The maximum atomic E-state index is 12.1. The number of aryl methyl sites for hydroxylation is 1. The molecule has 27 heavy (non-hydrogen) atoms. The third kappa shape index (κ3) is 5.18. The van der Waals surface area contributed by atoms with Crippen LogP contribution in [0.2, 0.25) is 0 Å². The Morgan fingerprint density at radius 1 is 1.33 bits per heavy atom. The van der Waals surface area contributed by atoms with Crippen molar-refractivity contribution in [2.75, 3.05) is 0 Å². The largest absolute Gasteiger partial charge is 0.461 e. The molecule has 0 bridgehead atoms. The Bertz CT molecular complexity index is 822. The third-order valence-electron chi connectivity index (χ3n) is 4.95. The van der Waals surface area contributed by atoms with E-state index < -0.39 is 0 Å². The second kappa shape index (κ2) is 9.35. The average molecular weight is 370 g/mol. The van der Waals surface area contributed by atoms with Crippen molar-refractivity contribution < 1.29 is 14.1 Å². The monoisotopic (exact) mass is 370 g/mol. The normalized spacial score (nSPS) is 18.0. The molecule has 144 valence electrons. The first-order valence-electron chi connectivity index (χ1n) is 9.58. The lowest BCUT2D eigenvalue weighted by Gasteiger charge is -2.13. The van der Waals surface area contributed by atoms with Crippen LogP contribution in [0.3, 0.4) is 0 Å². The molecule has 3 rings (SSSR count). The van der Waals surface area contributed by atoms with Crippen molar-refractivity contribution >= 4 is 5.97 Å². The summed E-state index contributed by atoms with van der Waals surface area (Å²) in [6, 6.07) is 9.74. The highest BCUT2D eigenvalue weighted by Gasteiger charge is 2.22. The van der Waals surface area contributed by atoms with Crippen molar-refractivity contribution in [3.8, 4) is 0 Å². The minimum Gasteiger partial charge on any atom is -0.461 e. The molecule has 1 aliphatic rings. The van der Waals surface area contributed by atoms with Gasteiger partial charge in [-0.2, -0.15) is 0 Å². The van der Waals surface area contributed by atoms with Gasteiger partial charge in [-0.15, -0.1) is 0 Å². The van der Waals surface area contributed by atoms with E-state index in [9.17, 15) is 9.59 Å². The summed E-state index contributed by atoms with van der Waals surface area (Å²) in [4.78, 5) is 24.0. The molecule has 1 aromatic carbocycles. The summed E-state index contributed by atoms with van der Waals surface area (Å²) < 4.78 is 11.9. The topological polar surface area (TPSA) is 74.3 Å². The van der Waals surface area contributed by atoms with Crippen LogP contribution < -0.4 is 5.76 Å². The van der Waals surface area contributed by atoms with E-state index in [0.29, 0.717) is 13.0 Å². The summed E-state index contributed by atoms with van der Waals surface area (Å²) in [5.74, 6) is -0.0274. The number of nitrogens with zero attached hydrogens (tertiary/aromatic N) is 2. The Morgan fingerprint density at radius 3 is 2.96 bits per heavy atom. The second-order valence-electron chi connectivity index (χ2n) is 7.07. The molecule has 2 aromatic rings. The van der Waals surface area contributed by atoms with E-state index >= 15 is 0 Å². The number of fused-ring (bicyclic) bond motifs is 1. The minimum absolute atomic E-state index is 0.0813. The standard InChI is InChI=1S/C21H26N2O4/c1-16(20(24)26-15-17-10-3-2-4-11-17)9-5-6-12-18-13-7-8-14-19-22-27-21(25)23(18)19/h2-6,10-11,16,18H,7-9,12-15H2,1H3/t16-,18+/m1/s1. The van der Waals surface area contributed by atoms with Gasteiger partial charge in [0.2, 0.25) is 0 Å². The number of esters is 1. The van der Waals surface area contributed by atoms with Crippen LogP contribution in [0.25, 0.3) is 0 Å². The summed E-state index contributed by atoms with van der Waals surface area (Å²) in [5, 5.41) is 3.88. The summed E-state index contributed by atoms with van der Waals surface area (Å²) in [7, 11) is 0. The van der Waals surface area contributed by atoms with Crippen LogP contribution in [0.15, 0.2) is 51.8 Å². The first kappa shape index (κ1) is 19.1. The summed E-state index contributed by atoms with van der Waals surface area (Å²) >= 11 is 0. The zero-order valence-electron chi connectivity index (χ0n) is 15.7. The van der Waals surface area contributed by atoms with Gasteiger partial charge in [0.05, 0.1) is 5.92 Å². The van der Waals surface area contributed by atoms with E-state index in [2.05, 4.69) is 5.16 Å². The lowest BCUT2D eigenvalue weighted by Crippen LogP contribution is -2.21. The highest BCUT2D eigenvalue weighted by atomic mass is 16.5. The summed E-state index contributed by atoms with van der Waals surface area (Å²) in [5.41, 5.74) is 0.983. The van der Waals surface area contributed by atoms with E-state index in [1.54, 1.807) is 4.57 Å². The maximum Gasteiger partial charge on any atom is 0.441 e. The molecule has 0 unspecified atom stereocenters. The molecule has 2 atom stereocenters. The van der Waals surface area contributed by atoms with Gasteiger partial charge in [-0.05, 0) is 31.2 Å². The number of carbonyl (C=O) groups excluding carboxylic acids is 1. The number of hydrogen-bond acceptors (Lipinski definition) is 5. The van der Waals surface area contributed by atoms with E-state index in [-0.39, 0.29) is 23.7 Å². The fraction of sp³-hybridized carbons (Fsp3) is 0.476. The van der Waals surface area contributed by atoms with Gasteiger partial charge >= 0.3 is 11.7 Å². The summed E-state index contributed by atoms with van der Waals surface area (Å²) in [6.07, 6.45) is 9.22. The SMILES string of the molecule is C[C@H](CC=CC[C@H]1CCCCc2noc(=O)n21)C(=O)OCc1ccccc1. The number of carbonyl (C=O) groups is 1. The molecule has 0 radical (unpaired) electrons. The van der Waals surface area contributed by atoms with Crippen LogP contribution in [-0.2, 0) is 22.6 Å². The molecule has 2 heterocycles. The lowest BCUT2D eigenvalue weighted by atomic mass is 10.0. The predicted molar refractivity (Wildman–Crippen MR) is 101 cm³/mol. The van der Waals surface area contributed by atoms with Crippen LogP contribution in [0.5, 0.6) is 0 Å². The van der Waals surface area contributed by atoms with Gasteiger partial charge in [0, 0.05) is 12.5 Å². The van der Waals surface area contributed by atoms with Crippen LogP contribution in [0, 0.1) is 5.92 Å². The van der Waals surface area contributed by atoms with Gasteiger partial charge in [0.15, 0.2) is 5.82 Å².